The van der Waals surface area contributed by atoms with E-state index in [2.05, 4.69) is 5.32 Å². The summed E-state index contributed by atoms with van der Waals surface area (Å²) in [6, 6.07) is 3.82. The van der Waals surface area contributed by atoms with E-state index in [4.69, 9.17) is 0 Å². The predicted molar refractivity (Wildman–Crippen MR) is 63.6 cm³/mol. The van der Waals surface area contributed by atoms with Gasteiger partial charge in [0.15, 0.2) is 11.6 Å². The van der Waals surface area contributed by atoms with Gasteiger partial charge in [0.25, 0.3) is 0 Å². The van der Waals surface area contributed by atoms with Crippen molar-refractivity contribution in [2.24, 2.45) is 0 Å². The lowest BCUT2D eigenvalue weighted by Gasteiger charge is -2.28. The van der Waals surface area contributed by atoms with Gasteiger partial charge in [-0.05, 0) is 31.0 Å². The van der Waals surface area contributed by atoms with Crippen molar-refractivity contribution in [1.29, 1.82) is 0 Å². The van der Waals surface area contributed by atoms with Crippen molar-refractivity contribution < 1.29 is 13.9 Å². The first-order valence-corrected chi connectivity index (χ1v) is 5.80. The quantitative estimate of drug-likeness (QED) is 0.805. The lowest BCUT2D eigenvalue weighted by molar-refractivity contribution is 0.163. The molecule has 0 radical (unpaired) electrons. The van der Waals surface area contributed by atoms with Crippen LogP contribution in [0.4, 0.5) is 8.78 Å². The molecule has 2 nitrogen and oxygen atoms in total. The Bertz CT molecular complexity index is 370. The molecule has 0 amide bonds. The average Bonchev–Trinajstić information content (AvgIpc) is 2.31. The molecular weight excluding hydrogens is 224 g/mol. The van der Waals surface area contributed by atoms with Gasteiger partial charge in [0.1, 0.15) is 0 Å². The highest BCUT2D eigenvalue weighted by Gasteiger charge is 2.21. The van der Waals surface area contributed by atoms with Crippen LogP contribution in [0.2, 0.25) is 0 Å². The van der Waals surface area contributed by atoms with E-state index in [0.29, 0.717) is 12.1 Å². The fourth-order valence-corrected chi connectivity index (χ4v) is 1.74. The Morgan fingerprint density at radius 2 is 2.00 bits per heavy atom. The highest BCUT2D eigenvalue weighted by atomic mass is 19.2. The van der Waals surface area contributed by atoms with Crippen LogP contribution in [0, 0.1) is 11.6 Å². The molecule has 2 N–H and O–H groups in total. The molecule has 0 fully saturated rings. The maximum atomic E-state index is 13.0. The summed E-state index contributed by atoms with van der Waals surface area (Å²) < 4.78 is 25.7. The highest BCUT2D eigenvalue weighted by Crippen LogP contribution is 2.14. The molecule has 1 aromatic carbocycles. The number of rotatable bonds is 6. The van der Waals surface area contributed by atoms with Crippen molar-refractivity contribution in [3.63, 3.8) is 0 Å². The first-order valence-electron chi connectivity index (χ1n) is 5.80. The van der Waals surface area contributed by atoms with Crippen LogP contribution in [-0.2, 0) is 6.54 Å². The molecule has 1 aromatic rings. The average molecular weight is 243 g/mol. The summed E-state index contributed by atoms with van der Waals surface area (Å²) in [5.74, 6) is -1.68. The molecule has 0 spiro atoms. The molecule has 0 bridgehead atoms. The van der Waals surface area contributed by atoms with Gasteiger partial charge in [-0.3, -0.25) is 0 Å². The van der Waals surface area contributed by atoms with E-state index >= 15 is 0 Å². The van der Waals surface area contributed by atoms with E-state index in [0.717, 1.165) is 18.9 Å². The van der Waals surface area contributed by atoms with Crippen LogP contribution < -0.4 is 5.32 Å². The fraction of sp³-hybridized carbons (Fsp3) is 0.538. The van der Waals surface area contributed by atoms with Gasteiger partial charge in [-0.25, -0.2) is 8.78 Å². The lowest BCUT2D eigenvalue weighted by atomic mass is 9.97. The van der Waals surface area contributed by atoms with Crippen LogP contribution in [-0.4, -0.2) is 17.3 Å². The standard InChI is InChI=1S/C13H19F2NO/c1-3-6-13(2,9-17)16-8-10-4-5-11(14)12(15)7-10/h4-5,7,16-17H,3,6,8-9H2,1-2H3. The molecule has 17 heavy (non-hydrogen) atoms. The molecule has 96 valence electrons. The molecule has 0 saturated carbocycles. The molecule has 1 rings (SSSR count). The van der Waals surface area contributed by atoms with Crippen LogP contribution in [0.3, 0.4) is 0 Å². The summed E-state index contributed by atoms with van der Waals surface area (Å²) in [6.07, 6.45) is 1.77. The second kappa shape index (κ2) is 6.07. The van der Waals surface area contributed by atoms with Gasteiger partial charge in [-0.1, -0.05) is 19.4 Å². The van der Waals surface area contributed by atoms with Crippen molar-refractivity contribution in [3.05, 3.63) is 35.4 Å². The fourth-order valence-electron chi connectivity index (χ4n) is 1.74. The predicted octanol–water partition coefficient (Wildman–Crippen LogP) is 2.61. The molecule has 0 aliphatic carbocycles. The van der Waals surface area contributed by atoms with Crippen molar-refractivity contribution in [1.82, 2.24) is 5.32 Å². The van der Waals surface area contributed by atoms with Crippen molar-refractivity contribution >= 4 is 0 Å². The van der Waals surface area contributed by atoms with Gasteiger partial charge in [-0.2, -0.15) is 0 Å². The topological polar surface area (TPSA) is 32.3 Å². The van der Waals surface area contributed by atoms with Gasteiger partial charge in [0.2, 0.25) is 0 Å². The van der Waals surface area contributed by atoms with E-state index in [1.165, 1.54) is 12.1 Å². The van der Waals surface area contributed by atoms with Gasteiger partial charge in [0, 0.05) is 12.1 Å². The molecule has 0 aliphatic heterocycles. The summed E-state index contributed by atoms with van der Waals surface area (Å²) >= 11 is 0. The Hall–Kier alpha value is -1.00. The third kappa shape index (κ3) is 4.06. The van der Waals surface area contributed by atoms with Crippen molar-refractivity contribution in [2.75, 3.05) is 6.61 Å². The zero-order chi connectivity index (χ0) is 12.9. The number of halogens is 2. The zero-order valence-electron chi connectivity index (χ0n) is 10.3. The first kappa shape index (κ1) is 14.1. The molecule has 0 saturated heterocycles. The molecule has 0 aliphatic rings. The third-order valence-corrected chi connectivity index (χ3v) is 2.85. The van der Waals surface area contributed by atoms with E-state index in [-0.39, 0.29) is 12.1 Å². The lowest BCUT2D eigenvalue weighted by Crippen LogP contribution is -2.45. The number of aliphatic hydroxyl groups excluding tert-OH is 1. The molecule has 0 heterocycles. The van der Waals surface area contributed by atoms with Crippen LogP contribution in [0.1, 0.15) is 32.3 Å². The van der Waals surface area contributed by atoms with Crippen LogP contribution in [0.15, 0.2) is 18.2 Å². The Balaban J connectivity index is 2.62. The second-order valence-corrected chi connectivity index (χ2v) is 4.57. The highest BCUT2D eigenvalue weighted by molar-refractivity contribution is 5.17. The van der Waals surface area contributed by atoms with Gasteiger partial charge < -0.3 is 10.4 Å². The number of nitrogens with one attached hydrogen (secondary N) is 1. The Kier molecular flexibility index (Phi) is 5.02. The van der Waals surface area contributed by atoms with Gasteiger partial charge in [0.05, 0.1) is 6.61 Å². The zero-order valence-corrected chi connectivity index (χ0v) is 10.3. The normalized spacial score (nSPS) is 14.6. The van der Waals surface area contributed by atoms with E-state index in [9.17, 15) is 13.9 Å². The monoisotopic (exact) mass is 243 g/mol. The molecule has 0 aromatic heterocycles. The SMILES string of the molecule is CCCC(C)(CO)NCc1ccc(F)c(F)c1. The molecular formula is C13H19F2NO. The minimum absolute atomic E-state index is 0.0184. The Labute approximate surface area is 101 Å². The number of benzene rings is 1. The summed E-state index contributed by atoms with van der Waals surface area (Å²) in [5.41, 5.74) is 0.291. The third-order valence-electron chi connectivity index (χ3n) is 2.85. The van der Waals surface area contributed by atoms with Crippen molar-refractivity contribution in [3.8, 4) is 0 Å². The maximum absolute atomic E-state index is 13.0. The maximum Gasteiger partial charge on any atom is 0.159 e. The molecule has 1 unspecified atom stereocenters. The summed E-state index contributed by atoms with van der Waals surface area (Å²) in [5, 5.41) is 12.5. The van der Waals surface area contributed by atoms with Gasteiger partial charge in [-0.15, -0.1) is 0 Å². The van der Waals surface area contributed by atoms with E-state index in [1.807, 2.05) is 13.8 Å². The molecule has 1 atom stereocenters. The summed E-state index contributed by atoms with van der Waals surface area (Å²) in [4.78, 5) is 0. The second-order valence-electron chi connectivity index (χ2n) is 4.57. The van der Waals surface area contributed by atoms with Crippen LogP contribution >= 0.6 is 0 Å². The number of hydrogen-bond donors (Lipinski definition) is 2. The van der Waals surface area contributed by atoms with Gasteiger partial charge >= 0.3 is 0 Å². The van der Waals surface area contributed by atoms with E-state index < -0.39 is 11.6 Å². The summed E-state index contributed by atoms with van der Waals surface area (Å²) in [7, 11) is 0. The number of aliphatic hydroxyl groups is 1. The minimum atomic E-state index is -0.842. The van der Waals surface area contributed by atoms with E-state index in [1.54, 1.807) is 0 Å². The minimum Gasteiger partial charge on any atom is -0.394 e. The summed E-state index contributed by atoms with van der Waals surface area (Å²) in [6.45, 7) is 4.38. The van der Waals surface area contributed by atoms with Crippen LogP contribution in [0.5, 0.6) is 0 Å². The smallest absolute Gasteiger partial charge is 0.159 e. The Morgan fingerprint density at radius 3 is 2.53 bits per heavy atom. The van der Waals surface area contributed by atoms with Crippen LogP contribution in [0.25, 0.3) is 0 Å². The largest absolute Gasteiger partial charge is 0.394 e. The first-order chi connectivity index (χ1) is 8.00. The molecule has 4 heteroatoms. The Morgan fingerprint density at radius 1 is 1.29 bits per heavy atom. The van der Waals surface area contributed by atoms with Crippen molar-refractivity contribution in [2.45, 2.75) is 38.8 Å². The number of hydrogen-bond acceptors (Lipinski definition) is 2.